The Hall–Kier alpha value is -3.19. The van der Waals surface area contributed by atoms with Gasteiger partial charge in [0.1, 0.15) is 5.76 Å². The van der Waals surface area contributed by atoms with Crippen LogP contribution in [0.4, 0.5) is 11.5 Å². The fourth-order valence-corrected chi connectivity index (χ4v) is 2.88. The summed E-state index contributed by atoms with van der Waals surface area (Å²) in [5, 5.41) is 14.8. The first kappa shape index (κ1) is 15.3. The fraction of sp³-hybridized carbons (Fsp3) is 0.0556. The number of nitrogens with zero attached hydrogens (tertiary/aromatic N) is 2. The van der Waals surface area contributed by atoms with Crippen LogP contribution in [-0.2, 0) is 0 Å². The number of anilines is 2. The van der Waals surface area contributed by atoms with E-state index in [9.17, 15) is 0 Å². The molecule has 0 aliphatic carbocycles. The van der Waals surface area contributed by atoms with Gasteiger partial charge in [0, 0.05) is 16.9 Å². The number of thiocarbonyl (C=S) groups is 1. The summed E-state index contributed by atoms with van der Waals surface area (Å²) < 4.78 is 5.56. The Morgan fingerprint density at radius 1 is 1.12 bits per heavy atom. The summed E-state index contributed by atoms with van der Waals surface area (Å²) in [6.07, 6.45) is 1.64. The number of fused-ring (bicyclic) bond motifs is 1. The van der Waals surface area contributed by atoms with Crippen molar-refractivity contribution in [2.45, 2.75) is 6.92 Å². The Morgan fingerprint density at radius 2 is 1.96 bits per heavy atom. The predicted molar refractivity (Wildman–Crippen MR) is 103 cm³/mol. The molecule has 0 aliphatic heterocycles. The van der Waals surface area contributed by atoms with Crippen LogP contribution in [0.2, 0.25) is 0 Å². The van der Waals surface area contributed by atoms with E-state index in [1.807, 2.05) is 55.5 Å². The third-order valence-corrected chi connectivity index (χ3v) is 3.91. The molecule has 0 spiro atoms. The molecule has 0 fully saturated rings. The Bertz CT molecular complexity index is 1020. The van der Waals surface area contributed by atoms with Crippen LogP contribution in [0, 0.1) is 6.92 Å². The van der Waals surface area contributed by atoms with Crippen molar-refractivity contribution >= 4 is 39.9 Å². The van der Waals surface area contributed by atoms with E-state index < -0.39 is 0 Å². The zero-order chi connectivity index (χ0) is 17.2. The van der Waals surface area contributed by atoms with Crippen molar-refractivity contribution < 1.29 is 4.42 Å². The summed E-state index contributed by atoms with van der Waals surface area (Å²) in [4.78, 5) is 4.49. The number of pyridine rings is 1. The zero-order valence-corrected chi connectivity index (χ0v) is 14.2. The number of aromatic nitrogens is 3. The molecule has 0 aliphatic rings. The highest BCUT2D eigenvalue weighted by Gasteiger charge is 2.16. The van der Waals surface area contributed by atoms with Crippen molar-refractivity contribution in [3.05, 3.63) is 60.5 Å². The van der Waals surface area contributed by atoms with Gasteiger partial charge in [0.15, 0.2) is 16.6 Å². The molecule has 25 heavy (non-hydrogen) atoms. The van der Waals surface area contributed by atoms with Crippen LogP contribution in [0.5, 0.6) is 0 Å². The smallest absolute Gasteiger partial charge is 0.176 e. The number of hydrogen-bond donors (Lipinski definition) is 3. The highest BCUT2D eigenvalue weighted by Crippen LogP contribution is 2.32. The third kappa shape index (κ3) is 3.09. The van der Waals surface area contributed by atoms with Gasteiger partial charge in [-0.05, 0) is 49.5 Å². The molecule has 0 saturated carbocycles. The average molecular weight is 349 g/mol. The average Bonchev–Trinajstić information content (AvgIpc) is 3.25. The lowest BCUT2D eigenvalue weighted by atomic mass is 10.1. The molecule has 4 rings (SSSR count). The summed E-state index contributed by atoms with van der Waals surface area (Å²) in [6.45, 7) is 1.93. The van der Waals surface area contributed by atoms with Gasteiger partial charge in [-0.25, -0.2) is 4.98 Å². The van der Waals surface area contributed by atoms with Crippen molar-refractivity contribution in [1.29, 1.82) is 0 Å². The lowest BCUT2D eigenvalue weighted by Crippen LogP contribution is -2.19. The largest absolute Gasteiger partial charge is 0.464 e. The standard InChI is InChI=1S/C18H15N5OS/c1-11-10-13(14-8-5-9-24-14)15-16(19-11)22-23-17(15)21-18(25)20-12-6-3-2-4-7-12/h2-10H,1H3,(H3,19,20,21,22,23,25). The second kappa shape index (κ2) is 6.37. The van der Waals surface area contributed by atoms with E-state index in [4.69, 9.17) is 16.6 Å². The van der Waals surface area contributed by atoms with Crippen LogP contribution in [0.1, 0.15) is 5.69 Å². The van der Waals surface area contributed by atoms with Gasteiger partial charge in [0.05, 0.1) is 11.6 Å². The summed E-state index contributed by atoms with van der Waals surface area (Å²) in [5.74, 6) is 1.35. The van der Waals surface area contributed by atoms with Crippen molar-refractivity contribution in [3.8, 4) is 11.3 Å². The van der Waals surface area contributed by atoms with Gasteiger partial charge in [-0.15, -0.1) is 0 Å². The molecule has 0 bridgehead atoms. The molecule has 3 heterocycles. The fourth-order valence-electron chi connectivity index (χ4n) is 2.67. The number of aromatic amines is 1. The summed E-state index contributed by atoms with van der Waals surface area (Å²) >= 11 is 5.40. The molecular weight excluding hydrogens is 334 g/mol. The maximum Gasteiger partial charge on any atom is 0.176 e. The Balaban J connectivity index is 1.70. The minimum atomic E-state index is 0.450. The first-order valence-electron chi connectivity index (χ1n) is 7.73. The van der Waals surface area contributed by atoms with E-state index in [1.165, 1.54) is 0 Å². The maximum absolute atomic E-state index is 5.56. The maximum atomic E-state index is 5.56. The highest BCUT2D eigenvalue weighted by molar-refractivity contribution is 7.80. The number of aryl methyl sites for hydroxylation is 1. The summed E-state index contributed by atoms with van der Waals surface area (Å²) in [5.41, 5.74) is 3.36. The van der Waals surface area contributed by atoms with Crippen molar-refractivity contribution in [1.82, 2.24) is 15.2 Å². The monoisotopic (exact) mass is 349 g/mol. The number of furan rings is 1. The van der Waals surface area contributed by atoms with Gasteiger partial charge >= 0.3 is 0 Å². The topological polar surface area (TPSA) is 78.8 Å². The van der Waals surface area contributed by atoms with Gasteiger partial charge in [-0.1, -0.05) is 18.2 Å². The molecule has 124 valence electrons. The number of para-hydroxylation sites is 1. The van der Waals surface area contributed by atoms with Crippen LogP contribution in [0.25, 0.3) is 22.4 Å². The lowest BCUT2D eigenvalue weighted by Gasteiger charge is -2.09. The number of hydrogen-bond acceptors (Lipinski definition) is 4. The van der Waals surface area contributed by atoms with Crippen LogP contribution >= 0.6 is 12.2 Å². The number of H-pyrrole nitrogens is 1. The van der Waals surface area contributed by atoms with Gasteiger partial charge in [0.25, 0.3) is 0 Å². The van der Waals surface area contributed by atoms with E-state index >= 15 is 0 Å². The normalized spacial score (nSPS) is 10.8. The van der Waals surface area contributed by atoms with E-state index in [-0.39, 0.29) is 0 Å². The number of benzene rings is 1. The van der Waals surface area contributed by atoms with Gasteiger partial charge in [-0.2, -0.15) is 5.10 Å². The Labute approximate surface area is 149 Å². The van der Waals surface area contributed by atoms with E-state index in [1.54, 1.807) is 6.26 Å². The molecule has 0 amide bonds. The molecule has 0 radical (unpaired) electrons. The molecule has 0 saturated heterocycles. The second-order valence-electron chi connectivity index (χ2n) is 5.53. The van der Waals surface area contributed by atoms with Gasteiger partial charge in [0.2, 0.25) is 0 Å². The zero-order valence-electron chi connectivity index (χ0n) is 13.4. The first-order chi connectivity index (χ1) is 12.2. The van der Waals surface area contributed by atoms with Crippen LogP contribution in [-0.4, -0.2) is 20.3 Å². The molecule has 3 N–H and O–H groups in total. The minimum Gasteiger partial charge on any atom is -0.464 e. The van der Waals surface area contributed by atoms with E-state index in [0.717, 1.165) is 28.1 Å². The van der Waals surface area contributed by atoms with Gasteiger partial charge in [-0.3, -0.25) is 5.10 Å². The molecule has 7 heteroatoms. The molecule has 1 aromatic carbocycles. The van der Waals surface area contributed by atoms with Crippen LogP contribution in [0.3, 0.4) is 0 Å². The molecule has 4 aromatic rings. The molecule has 6 nitrogen and oxygen atoms in total. The quantitative estimate of drug-likeness (QED) is 0.478. The summed E-state index contributed by atoms with van der Waals surface area (Å²) in [7, 11) is 0. The molecule has 0 atom stereocenters. The van der Waals surface area contributed by atoms with Crippen molar-refractivity contribution in [2.75, 3.05) is 10.6 Å². The Kier molecular flexibility index (Phi) is 3.91. The van der Waals surface area contributed by atoms with Crippen molar-refractivity contribution in [2.24, 2.45) is 0 Å². The van der Waals surface area contributed by atoms with Crippen molar-refractivity contribution in [3.63, 3.8) is 0 Å². The predicted octanol–water partition coefficient (Wildman–Crippen LogP) is 4.34. The molecular formula is C18H15N5OS. The van der Waals surface area contributed by atoms with Crippen LogP contribution < -0.4 is 10.6 Å². The lowest BCUT2D eigenvalue weighted by molar-refractivity contribution is 0.583. The minimum absolute atomic E-state index is 0.450. The molecule has 0 unspecified atom stereocenters. The number of rotatable bonds is 3. The number of nitrogens with one attached hydrogen (secondary N) is 3. The highest BCUT2D eigenvalue weighted by atomic mass is 32.1. The van der Waals surface area contributed by atoms with Crippen LogP contribution in [0.15, 0.2) is 59.2 Å². The van der Waals surface area contributed by atoms with E-state index in [0.29, 0.717) is 16.6 Å². The SMILES string of the molecule is Cc1cc(-c2ccco2)c2c(NC(=S)Nc3ccccc3)n[nH]c2n1. The second-order valence-corrected chi connectivity index (χ2v) is 5.94. The van der Waals surface area contributed by atoms with E-state index in [2.05, 4.69) is 25.8 Å². The van der Waals surface area contributed by atoms with Gasteiger partial charge < -0.3 is 15.1 Å². The Morgan fingerprint density at radius 3 is 2.72 bits per heavy atom. The third-order valence-electron chi connectivity index (χ3n) is 3.71. The first-order valence-corrected chi connectivity index (χ1v) is 8.14. The summed E-state index contributed by atoms with van der Waals surface area (Å²) in [6, 6.07) is 15.4. The molecule has 3 aromatic heterocycles.